The standard InChI is InChI=1S/C16H19N3O7/c1-25-16(24)10-11(8-5-3-2-4-6-8)19(18-17-10)15-14(23)13(22)12(21)9(7-20)26-15/h2-6,9,12-15,20-23H,7H2,1H3/t9-,12-,13+,14+,15-/m1/s1. The van der Waals surface area contributed by atoms with Crippen molar-refractivity contribution in [3.63, 3.8) is 0 Å². The lowest BCUT2D eigenvalue weighted by Crippen LogP contribution is -2.56. The predicted octanol–water partition coefficient (Wildman–Crippen LogP) is -1.30. The van der Waals surface area contributed by atoms with Crippen LogP contribution in [0.25, 0.3) is 11.3 Å². The van der Waals surface area contributed by atoms with E-state index < -0.39 is 43.2 Å². The monoisotopic (exact) mass is 365 g/mol. The van der Waals surface area contributed by atoms with Crippen LogP contribution in [0.4, 0.5) is 0 Å². The second-order valence-corrected chi connectivity index (χ2v) is 5.81. The maximum Gasteiger partial charge on any atom is 0.360 e. The Morgan fingerprint density at radius 2 is 1.88 bits per heavy atom. The van der Waals surface area contributed by atoms with Crippen LogP contribution in [0, 0.1) is 0 Å². The number of aliphatic hydroxyl groups excluding tert-OH is 4. The van der Waals surface area contributed by atoms with Gasteiger partial charge in [0.15, 0.2) is 11.9 Å². The fourth-order valence-corrected chi connectivity index (χ4v) is 2.85. The molecule has 2 aromatic rings. The number of aromatic nitrogens is 3. The Balaban J connectivity index is 2.10. The number of hydrogen-bond acceptors (Lipinski definition) is 9. The van der Waals surface area contributed by atoms with Crippen LogP contribution >= 0.6 is 0 Å². The van der Waals surface area contributed by atoms with E-state index in [0.717, 1.165) is 4.68 Å². The van der Waals surface area contributed by atoms with Crippen molar-refractivity contribution in [2.75, 3.05) is 13.7 Å². The van der Waals surface area contributed by atoms with Crippen molar-refractivity contribution in [2.24, 2.45) is 0 Å². The maximum atomic E-state index is 12.1. The van der Waals surface area contributed by atoms with E-state index in [1.54, 1.807) is 30.3 Å². The lowest BCUT2D eigenvalue weighted by Gasteiger charge is -2.40. The molecule has 0 spiro atoms. The minimum Gasteiger partial charge on any atom is -0.464 e. The molecule has 3 rings (SSSR count). The summed E-state index contributed by atoms with van der Waals surface area (Å²) < 4.78 is 11.4. The zero-order valence-electron chi connectivity index (χ0n) is 13.8. The van der Waals surface area contributed by atoms with Crippen LogP contribution in [0.15, 0.2) is 30.3 Å². The average Bonchev–Trinajstić information content (AvgIpc) is 3.11. The summed E-state index contributed by atoms with van der Waals surface area (Å²) in [7, 11) is 1.20. The number of carbonyl (C=O) groups excluding carboxylic acids is 1. The molecule has 10 nitrogen and oxygen atoms in total. The zero-order valence-corrected chi connectivity index (χ0v) is 13.8. The van der Waals surface area contributed by atoms with Gasteiger partial charge in [0.25, 0.3) is 0 Å². The van der Waals surface area contributed by atoms with E-state index in [-0.39, 0.29) is 11.4 Å². The lowest BCUT2D eigenvalue weighted by molar-refractivity contribution is -0.253. The van der Waals surface area contributed by atoms with Gasteiger partial charge < -0.3 is 29.9 Å². The molecule has 1 fully saturated rings. The Bertz CT molecular complexity index is 764. The number of aliphatic hydroxyl groups is 4. The molecule has 0 amide bonds. The quantitative estimate of drug-likeness (QED) is 0.486. The van der Waals surface area contributed by atoms with E-state index in [9.17, 15) is 25.2 Å². The molecule has 0 aliphatic carbocycles. The third-order valence-corrected chi connectivity index (χ3v) is 4.23. The van der Waals surface area contributed by atoms with Gasteiger partial charge in [0, 0.05) is 5.56 Å². The molecule has 10 heteroatoms. The van der Waals surface area contributed by atoms with Gasteiger partial charge in [0.1, 0.15) is 30.1 Å². The van der Waals surface area contributed by atoms with Crippen LogP contribution in [0.5, 0.6) is 0 Å². The van der Waals surface area contributed by atoms with Gasteiger partial charge in [-0.15, -0.1) is 5.10 Å². The molecular formula is C16H19N3O7. The molecule has 0 radical (unpaired) electrons. The zero-order chi connectivity index (χ0) is 18.8. The van der Waals surface area contributed by atoms with E-state index in [4.69, 9.17) is 9.47 Å². The van der Waals surface area contributed by atoms with Crippen molar-refractivity contribution in [2.45, 2.75) is 30.6 Å². The predicted molar refractivity (Wildman–Crippen MR) is 85.8 cm³/mol. The summed E-state index contributed by atoms with van der Waals surface area (Å²) in [6.07, 6.45) is -7.06. The van der Waals surface area contributed by atoms with Gasteiger partial charge in [0.2, 0.25) is 0 Å². The summed E-state index contributed by atoms with van der Waals surface area (Å²) in [5.41, 5.74) is 0.660. The van der Waals surface area contributed by atoms with E-state index in [2.05, 4.69) is 10.3 Å². The third-order valence-electron chi connectivity index (χ3n) is 4.23. The number of carbonyl (C=O) groups is 1. The number of methoxy groups -OCH3 is 1. The van der Waals surface area contributed by atoms with Gasteiger partial charge in [-0.3, -0.25) is 0 Å². The van der Waals surface area contributed by atoms with Crippen LogP contribution in [0.1, 0.15) is 16.7 Å². The highest BCUT2D eigenvalue weighted by Gasteiger charge is 2.46. The number of benzene rings is 1. The molecule has 5 atom stereocenters. The van der Waals surface area contributed by atoms with Crippen molar-refractivity contribution in [3.05, 3.63) is 36.0 Å². The van der Waals surface area contributed by atoms with E-state index in [1.165, 1.54) is 7.11 Å². The molecule has 1 saturated heterocycles. The number of esters is 1. The largest absolute Gasteiger partial charge is 0.464 e. The average molecular weight is 365 g/mol. The Morgan fingerprint density at radius 3 is 2.50 bits per heavy atom. The highest BCUT2D eigenvalue weighted by Crippen LogP contribution is 2.33. The molecule has 4 N–H and O–H groups in total. The van der Waals surface area contributed by atoms with Crippen molar-refractivity contribution < 1.29 is 34.7 Å². The van der Waals surface area contributed by atoms with Gasteiger partial charge in [-0.05, 0) is 0 Å². The number of nitrogens with zero attached hydrogens (tertiary/aromatic N) is 3. The Labute approximate surface area is 148 Å². The molecule has 0 bridgehead atoms. The van der Waals surface area contributed by atoms with Gasteiger partial charge in [-0.2, -0.15) is 0 Å². The molecular weight excluding hydrogens is 346 g/mol. The lowest BCUT2D eigenvalue weighted by atomic mass is 9.98. The summed E-state index contributed by atoms with van der Waals surface area (Å²) in [5.74, 6) is -0.736. The summed E-state index contributed by atoms with van der Waals surface area (Å²) in [4.78, 5) is 12.1. The molecule has 0 saturated carbocycles. The number of ether oxygens (including phenoxy) is 2. The number of rotatable bonds is 4. The summed E-state index contributed by atoms with van der Waals surface area (Å²) >= 11 is 0. The van der Waals surface area contributed by atoms with Gasteiger partial charge in [-0.25, -0.2) is 9.48 Å². The summed E-state index contributed by atoms with van der Waals surface area (Å²) in [6.45, 7) is -0.583. The second-order valence-electron chi connectivity index (χ2n) is 5.81. The van der Waals surface area contributed by atoms with Gasteiger partial charge in [0.05, 0.1) is 13.7 Å². The third kappa shape index (κ3) is 3.08. The highest BCUT2D eigenvalue weighted by molar-refractivity contribution is 5.94. The van der Waals surface area contributed by atoms with Crippen molar-refractivity contribution in [3.8, 4) is 11.3 Å². The number of hydrogen-bond donors (Lipinski definition) is 4. The first-order chi connectivity index (χ1) is 12.5. The van der Waals surface area contributed by atoms with Gasteiger partial charge >= 0.3 is 5.97 Å². The summed E-state index contributed by atoms with van der Waals surface area (Å²) in [6, 6.07) is 8.66. The van der Waals surface area contributed by atoms with Gasteiger partial charge in [-0.1, -0.05) is 35.5 Å². The highest BCUT2D eigenvalue weighted by atomic mass is 16.6. The SMILES string of the molecule is COC(=O)c1nnn([C@@H]2O[C@H](CO)[C@@H](O)[C@H](O)[C@@H]2O)c1-c1ccccc1. The van der Waals surface area contributed by atoms with Crippen LogP contribution < -0.4 is 0 Å². The topological polar surface area (TPSA) is 147 Å². The first-order valence-electron chi connectivity index (χ1n) is 7.89. The molecule has 2 heterocycles. The molecule has 0 unspecified atom stereocenters. The second kappa shape index (κ2) is 7.48. The van der Waals surface area contributed by atoms with Crippen LogP contribution in [-0.2, 0) is 9.47 Å². The Morgan fingerprint density at radius 1 is 1.19 bits per heavy atom. The molecule has 1 aliphatic heterocycles. The van der Waals surface area contributed by atoms with E-state index in [1.807, 2.05) is 0 Å². The minimum atomic E-state index is -1.58. The van der Waals surface area contributed by atoms with E-state index in [0.29, 0.717) is 5.56 Å². The first-order valence-corrected chi connectivity index (χ1v) is 7.89. The fraction of sp³-hybridized carbons (Fsp3) is 0.438. The van der Waals surface area contributed by atoms with Crippen LogP contribution in [0.2, 0.25) is 0 Å². The maximum absolute atomic E-state index is 12.1. The van der Waals surface area contributed by atoms with E-state index >= 15 is 0 Å². The van der Waals surface area contributed by atoms with Crippen molar-refractivity contribution in [1.82, 2.24) is 15.0 Å². The first kappa shape index (κ1) is 18.4. The molecule has 1 aliphatic rings. The fourth-order valence-electron chi connectivity index (χ4n) is 2.85. The minimum absolute atomic E-state index is 0.101. The molecule has 1 aromatic heterocycles. The smallest absolute Gasteiger partial charge is 0.360 e. The Kier molecular flexibility index (Phi) is 5.30. The van der Waals surface area contributed by atoms with Crippen LogP contribution in [0.3, 0.4) is 0 Å². The summed E-state index contributed by atoms with van der Waals surface area (Å²) in [5, 5.41) is 47.3. The van der Waals surface area contributed by atoms with Crippen LogP contribution in [-0.4, -0.2) is 79.5 Å². The molecule has 140 valence electrons. The molecule has 1 aromatic carbocycles. The molecule has 26 heavy (non-hydrogen) atoms. The van der Waals surface area contributed by atoms with Crippen molar-refractivity contribution in [1.29, 1.82) is 0 Å². The van der Waals surface area contributed by atoms with Crippen molar-refractivity contribution >= 4 is 5.97 Å². The normalized spacial score (nSPS) is 28.7. The Hall–Kier alpha value is -2.37.